The number of aryl methyl sites for hydroxylation is 2. The van der Waals surface area contributed by atoms with Crippen LogP contribution >= 0.6 is 0 Å². The topological polar surface area (TPSA) is 77.4 Å². The van der Waals surface area contributed by atoms with Crippen LogP contribution in [0.5, 0.6) is 0 Å². The molecule has 18 heavy (non-hydrogen) atoms. The Labute approximate surface area is 105 Å². The van der Waals surface area contributed by atoms with E-state index in [0.717, 1.165) is 30.7 Å². The van der Waals surface area contributed by atoms with E-state index in [9.17, 15) is 0 Å². The molecule has 1 aliphatic rings. The van der Waals surface area contributed by atoms with Gasteiger partial charge >= 0.3 is 0 Å². The van der Waals surface area contributed by atoms with Crippen molar-refractivity contribution in [1.82, 2.24) is 15.0 Å². The maximum absolute atomic E-state index is 9.16. The number of nitriles is 1. The molecule has 0 saturated heterocycles. The van der Waals surface area contributed by atoms with E-state index in [1.54, 1.807) is 12.5 Å². The molecule has 0 aliphatic heterocycles. The van der Waals surface area contributed by atoms with Crippen molar-refractivity contribution in [3.8, 4) is 6.07 Å². The summed E-state index contributed by atoms with van der Waals surface area (Å²) in [7, 11) is 0. The number of imidazole rings is 1. The van der Waals surface area contributed by atoms with Gasteiger partial charge in [0.1, 0.15) is 11.9 Å². The number of nitrogens with zero attached hydrogens (tertiary/aromatic N) is 3. The zero-order valence-corrected chi connectivity index (χ0v) is 9.90. The smallest absolute Gasteiger partial charge is 0.144 e. The van der Waals surface area contributed by atoms with Crippen LogP contribution in [0.1, 0.15) is 28.9 Å². The summed E-state index contributed by atoms with van der Waals surface area (Å²) >= 11 is 0. The van der Waals surface area contributed by atoms with E-state index in [0.29, 0.717) is 17.9 Å². The maximum Gasteiger partial charge on any atom is 0.144 e. The van der Waals surface area contributed by atoms with Crippen molar-refractivity contribution in [2.45, 2.75) is 25.8 Å². The van der Waals surface area contributed by atoms with Gasteiger partial charge < -0.3 is 10.3 Å². The highest BCUT2D eigenvalue weighted by atomic mass is 15.0. The first-order valence-corrected chi connectivity index (χ1v) is 6.01. The third-order valence-corrected chi connectivity index (χ3v) is 3.17. The minimum atomic E-state index is 0.598. The molecular weight excluding hydrogens is 226 g/mol. The summed E-state index contributed by atoms with van der Waals surface area (Å²) in [4.78, 5) is 11.5. The van der Waals surface area contributed by atoms with Gasteiger partial charge in [0, 0.05) is 11.9 Å². The third-order valence-electron chi connectivity index (χ3n) is 3.17. The van der Waals surface area contributed by atoms with Gasteiger partial charge in [0.05, 0.1) is 24.1 Å². The first-order valence-electron chi connectivity index (χ1n) is 6.01. The minimum Gasteiger partial charge on any atom is -0.363 e. The van der Waals surface area contributed by atoms with Gasteiger partial charge in [-0.3, -0.25) is 0 Å². The second-order valence-electron chi connectivity index (χ2n) is 4.39. The summed E-state index contributed by atoms with van der Waals surface area (Å²) in [5, 5.41) is 12.3. The Hall–Kier alpha value is -2.35. The number of hydrogen-bond donors (Lipinski definition) is 2. The van der Waals surface area contributed by atoms with Crippen LogP contribution in [-0.2, 0) is 19.4 Å². The molecule has 3 rings (SSSR count). The quantitative estimate of drug-likeness (QED) is 0.855. The van der Waals surface area contributed by atoms with E-state index in [1.165, 1.54) is 5.56 Å². The van der Waals surface area contributed by atoms with Crippen molar-refractivity contribution in [3.05, 3.63) is 41.1 Å². The van der Waals surface area contributed by atoms with Gasteiger partial charge in [-0.1, -0.05) is 0 Å². The lowest BCUT2D eigenvalue weighted by Crippen LogP contribution is -2.05. The summed E-state index contributed by atoms with van der Waals surface area (Å²) in [6, 6.07) is 4.17. The molecule has 0 aromatic carbocycles. The van der Waals surface area contributed by atoms with Crippen LogP contribution in [0.3, 0.4) is 0 Å². The highest BCUT2D eigenvalue weighted by molar-refractivity contribution is 5.55. The number of aromatic nitrogens is 3. The molecule has 0 unspecified atom stereocenters. The Bertz CT molecular complexity index is 595. The van der Waals surface area contributed by atoms with Crippen molar-refractivity contribution in [2.24, 2.45) is 0 Å². The molecule has 2 aromatic rings. The zero-order valence-electron chi connectivity index (χ0n) is 9.90. The van der Waals surface area contributed by atoms with Crippen molar-refractivity contribution in [3.63, 3.8) is 0 Å². The molecule has 0 atom stereocenters. The Morgan fingerprint density at radius 2 is 2.39 bits per heavy atom. The first kappa shape index (κ1) is 10.8. The molecule has 0 saturated carbocycles. The average molecular weight is 239 g/mol. The van der Waals surface area contributed by atoms with Crippen molar-refractivity contribution in [2.75, 3.05) is 5.32 Å². The number of H-pyrrole nitrogens is 1. The van der Waals surface area contributed by atoms with E-state index in [1.807, 2.05) is 6.07 Å². The molecule has 0 spiro atoms. The van der Waals surface area contributed by atoms with E-state index in [2.05, 4.69) is 26.3 Å². The van der Waals surface area contributed by atoms with Gasteiger partial charge in [-0.05, 0) is 30.9 Å². The van der Waals surface area contributed by atoms with Gasteiger partial charge in [0.2, 0.25) is 0 Å². The van der Waals surface area contributed by atoms with Gasteiger partial charge in [0.25, 0.3) is 0 Å². The fraction of sp³-hybridized carbons (Fsp3) is 0.308. The molecule has 5 nitrogen and oxygen atoms in total. The lowest BCUT2D eigenvalue weighted by Gasteiger charge is -2.08. The number of anilines is 1. The lowest BCUT2D eigenvalue weighted by molar-refractivity contribution is 0.898. The summed E-state index contributed by atoms with van der Waals surface area (Å²) in [5.74, 6) is 0.674. The van der Waals surface area contributed by atoms with Gasteiger partial charge in [-0.15, -0.1) is 0 Å². The predicted molar refractivity (Wildman–Crippen MR) is 66.9 cm³/mol. The lowest BCUT2D eigenvalue weighted by atomic mass is 10.1. The summed E-state index contributed by atoms with van der Waals surface area (Å²) < 4.78 is 0. The van der Waals surface area contributed by atoms with Crippen LogP contribution in [-0.4, -0.2) is 15.0 Å². The molecule has 2 aromatic heterocycles. The predicted octanol–water partition coefficient (Wildman–Crippen LogP) is 1.78. The van der Waals surface area contributed by atoms with Crippen LogP contribution in [0.4, 0.5) is 5.82 Å². The van der Waals surface area contributed by atoms with Crippen molar-refractivity contribution >= 4 is 5.82 Å². The second-order valence-corrected chi connectivity index (χ2v) is 4.39. The molecule has 0 fully saturated rings. The fourth-order valence-electron chi connectivity index (χ4n) is 2.25. The monoisotopic (exact) mass is 239 g/mol. The summed E-state index contributed by atoms with van der Waals surface area (Å²) in [5.41, 5.74) is 3.94. The van der Waals surface area contributed by atoms with Crippen LogP contribution in [0.2, 0.25) is 0 Å². The Kier molecular flexibility index (Phi) is 2.69. The van der Waals surface area contributed by atoms with Gasteiger partial charge in [-0.25, -0.2) is 9.97 Å². The molecule has 2 heterocycles. The van der Waals surface area contributed by atoms with Crippen molar-refractivity contribution in [1.29, 1.82) is 5.26 Å². The number of fused-ring (bicyclic) bond motifs is 1. The van der Waals surface area contributed by atoms with E-state index >= 15 is 0 Å². The Balaban J connectivity index is 1.85. The number of aromatic amines is 1. The second kappa shape index (κ2) is 4.49. The van der Waals surface area contributed by atoms with Crippen LogP contribution < -0.4 is 5.32 Å². The Morgan fingerprint density at radius 3 is 3.17 bits per heavy atom. The molecule has 0 amide bonds. The highest BCUT2D eigenvalue weighted by Gasteiger charge is 2.16. The molecule has 2 N–H and O–H groups in total. The normalized spacial score (nSPS) is 13.1. The first-order chi connectivity index (χ1) is 8.86. The Morgan fingerprint density at radius 1 is 1.44 bits per heavy atom. The molecule has 5 heteroatoms. The number of rotatable bonds is 3. The molecule has 90 valence electrons. The highest BCUT2D eigenvalue weighted by Crippen LogP contribution is 2.25. The van der Waals surface area contributed by atoms with Crippen LogP contribution in [0.25, 0.3) is 0 Å². The summed E-state index contributed by atoms with van der Waals surface area (Å²) in [6.45, 7) is 0.598. The zero-order chi connectivity index (χ0) is 12.4. The molecular formula is C13H13N5. The van der Waals surface area contributed by atoms with Crippen LogP contribution in [0.15, 0.2) is 18.6 Å². The molecule has 0 bridgehead atoms. The van der Waals surface area contributed by atoms with Gasteiger partial charge in [-0.2, -0.15) is 5.26 Å². The van der Waals surface area contributed by atoms with Gasteiger partial charge in [0.15, 0.2) is 0 Å². The maximum atomic E-state index is 9.16. The largest absolute Gasteiger partial charge is 0.363 e. The third kappa shape index (κ3) is 1.93. The number of nitrogens with one attached hydrogen (secondary N) is 2. The van der Waals surface area contributed by atoms with E-state index < -0.39 is 0 Å². The van der Waals surface area contributed by atoms with Crippen LogP contribution in [0, 0.1) is 11.3 Å². The average Bonchev–Trinajstić information content (AvgIpc) is 3.05. The molecule has 1 aliphatic carbocycles. The standard InChI is InChI=1S/C13H13N5/c14-5-10-4-9-2-1-3-12(9)18-13(10)16-7-11-6-15-8-17-11/h4,6,8H,1-3,7H2,(H,15,17)(H,16,18). The van der Waals surface area contributed by atoms with E-state index in [-0.39, 0.29) is 0 Å². The minimum absolute atomic E-state index is 0.598. The fourth-order valence-corrected chi connectivity index (χ4v) is 2.25. The number of pyridine rings is 1. The SMILES string of the molecule is N#Cc1cc2c(nc1NCc1cnc[nH]1)CCC2. The number of hydrogen-bond acceptors (Lipinski definition) is 4. The summed E-state index contributed by atoms with van der Waals surface area (Å²) in [6.07, 6.45) is 6.58. The van der Waals surface area contributed by atoms with Crippen molar-refractivity contribution < 1.29 is 0 Å². The molecule has 0 radical (unpaired) electrons. The van der Waals surface area contributed by atoms with E-state index in [4.69, 9.17) is 5.26 Å².